The van der Waals surface area contributed by atoms with Crippen molar-refractivity contribution in [2.75, 3.05) is 6.61 Å². The van der Waals surface area contributed by atoms with Gasteiger partial charge in [0.2, 0.25) is 0 Å². The highest BCUT2D eigenvalue weighted by Gasteiger charge is 2.25. The Morgan fingerprint density at radius 2 is 1.95 bits per heavy atom. The van der Waals surface area contributed by atoms with E-state index in [0.717, 1.165) is 18.6 Å². The summed E-state index contributed by atoms with van der Waals surface area (Å²) in [5, 5.41) is 0. The zero-order valence-corrected chi connectivity index (χ0v) is 11.8. The van der Waals surface area contributed by atoms with Crippen LogP contribution in [0.15, 0.2) is 48.5 Å². The van der Waals surface area contributed by atoms with Gasteiger partial charge in [-0.15, -0.1) is 0 Å². The van der Waals surface area contributed by atoms with Crippen LogP contribution in [-0.4, -0.2) is 6.61 Å². The van der Waals surface area contributed by atoms with Crippen molar-refractivity contribution < 1.29 is 9.13 Å². The molecule has 0 radical (unpaired) electrons. The lowest BCUT2D eigenvalue weighted by atomic mass is 9.85. The van der Waals surface area contributed by atoms with Gasteiger partial charge in [-0.3, -0.25) is 11.3 Å². The summed E-state index contributed by atoms with van der Waals surface area (Å²) in [5.41, 5.74) is 4.55. The number of nitrogens with two attached hydrogens (primary N) is 1. The molecule has 3 nitrogen and oxygen atoms in total. The molecule has 0 spiro atoms. The normalized spacial score (nSPS) is 18.7. The van der Waals surface area contributed by atoms with E-state index in [9.17, 15) is 4.39 Å². The van der Waals surface area contributed by atoms with Crippen molar-refractivity contribution in [3.05, 3.63) is 65.5 Å². The van der Waals surface area contributed by atoms with Crippen LogP contribution in [-0.2, 0) is 0 Å². The van der Waals surface area contributed by atoms with Crippen molar-refractivity contribution in [2.24, 2.45) is 5.84 Å². The number of rotatable bonds is 4. The Hall–Kier alpha value is -1.91. The summed E-state index contributed by atoms with van der Waals surface area (Å²) in [6.07, 6.45) is 1.67. The van der Waals surface area contributed by atoms with E-state index in [1.54, 1.807) is 12.1 Å². The summed E-state index contributed by atoms with van der Waals surface area (Å²) in [5.74, 6) is 6.69. The Labute approximate surface area is 123 Å². The topological polar surface area (TPSA) is 47.3 Å². The maximum absolute atomic E-state index is 14.0. The Bertz CT molecular complexity index is 617. The van der Waals surface area contributed by atoms with Crippen LogP contribution >= 0.6 is 0 Å². The fraction of sp³-hybridized carbons (Fsp3) is 0.294. The first-order valence-electron chi connectivity index (χ1n) is 7.22. The monoisotopic (exact) mass is 286 g/mol. The molecule has 4 heteroatoms. The molecule has 3 N–H and O–H groups in total. The van der Waals surface area contributed by atoms with Crippen molar-refractivity contribution in [1.29, 1.82) is 0 Å². The fourth-order valence-electron chi connectivity index (χ4n) is 2.99. The van der Waals surface area contributed by atoms with Crippen LogP contribution in [0.3, 0.4) is 0 Å². The molecule has 0 fully saturated rings. The van der Waals surface area contributed by atoms with E-state index in [0.29, 0.717) is 18.1 Å². The minimum absolute atomic E-state index is 0.206. The van der Waals surface area contributed by atoms with Crippen LogP contribution in [0, 0.1) is 5.82 Å². The molecule has 1 aliphatic rings. The van der Waals surface area contributed by atoms with Gasteiger partial charge in [0.1, 0.15) is 11.6 Å². The van der Waals surface area contributed by atoms with E-state index >= 15 is 0 Å². The van der Waals surface area contributed by atoms with Crippen molar-refractivity contribution in [3.8, 4) is 5.75 Å². The molecule has 2 unspecified atom stereocenters. The van der Waals surface area contributed by atoms with E-state index in [2.05, 4.69) is 11.5 Å². The quantitative estimate of drug-likeness (QED) is 0.670. The highest BCUT2D eigenvalue weighted by Crippen LogP contribution is 2.38. The predicted octanol–water partition coefficient (Wildman–Crippen LogP) is 3.29. The summed E-state index contributed by atoms with van der Waals surface area (Å²) >= 11 is 0. The number of ether oxygens (including phenoxy) is 1. The van der Waals surface area contributed by atoms with Gasteiger partial charge >= 0.3 is 0 Å². The number of nitrogens with one attached hydrogen (secondary N) is 1. The van der Waals surface area contributed by atoms with E-state index in [4.69, 9.17) is 10.6 Å². The van der Waals surface area contributed by atoms with Crippen LogP contribution in [0.25, 0.3) is 0 Å². The molecule has 0 aromatic heterocycles. The first-order valence-corrected chi connectivity index (χ1v) is 7.22. The van der Waals surface area contributed by atoms with Gasteiger partial charge in [-0.05, 0) is 36.5 Å². The molecule has 0 saturated heterocycles. The summed E-state index contributed by atoms with van der Waals surface area (Å²) < 4.78 is 19.6. The summed E-state index contributed by atoms with van der Waals surface area (Å²) in [6.45, 7) is 0.691. The minimum Gasteiger partial charge on any atom is -0.493 e. The third kappa shape index (κ3) is 2.91. The van der Waals surface area contributed by atoms with Gasteiger partial charge in [0.25, 0.3) is 0 Å². The smallest absolute Gasteiger partial charge is 0.128 e. The molecule has 3 rings (SSSR count). The van der Waals surface area contributed by atoms with E-state index < -0.39 is 0 Å². The number of benzene rings is 2. The Morgan fingerprint density at radius 3 is 2.76 bits per heavy atom. The Balaban J connectivity index is 1.84. The maximum Gasteiger partial charge on any atom is 0.128 e. The largest absolute Gasteiger partial charge is 0.493 e. The number of halogens is 1. The van der Waals surface area contributed by atoms with Gasteiger partial charge in [-0.2, -0.15) is 0 Å². The average Bonchev–Trinajstić information content (AvgIpc) is 2.53. The molecule has 2 atom stereocenters. The van der Waals surface area contributed by atoms with Gasteiger partial charge in [-0.25, -0.2) is 4.39 Å². The summed E-state index contributed by atoms with van der Waals surface area (Å²) in [7, 11) is 0. The first kappa shape index (κ1) is 14.0. The lowest BCUT2D eigenvalue weighted by Crippen LogP contribution is -2.31. The van der Waals surface area contributed by atoms with Crippen LogP contribution in [0.2, 0.25) is 0 Å². The maximum atomic E-state index is 14.0. The molecular formula is C17H19FN2O. The number of para-hydroxylation sites is 1. The molecule has 1 aliphatic heterocycles. The van der Waals surface area contributed by atoms with Crippen molar-refractivity contribution in [3.63, 3.8) is 0 Å². The first-order chi connectivity index (χ1) is 10.3. The van der Waals surface area contributed by atoms with Gasteiger partial charge < -0.3 is 4.74 Å². The van der Waals surface area contributed by atoms with Gasteiger partial charge in [-0.1, -0.05) is 36.4 Å². The second kappa shape index (κ2) is 6.24. The van der Waals surface area contributed by atoms with Crippen molar-refractivity contribution in [2.45, 2.75) is 24.8 Å². The van der Waals surface area contributed by atoms with Crippen molar-refractivity contribution >= 4 is 0 Å². The molecule has 0 saturated carbocycles. The molecule has 21 heavy (non-hydrogen) atoms. The van der Waals surface area contributed by atoms with Gasteiger partial charge in [0.05, 0.1) is 6.61 Å². The lowest BCUT2D eigenvalue weighted by molar-refractivity contribution is 0.254. The van der Waals surface area contributed by atoms with Crippen molar-refractivity contribution in [1.82, 2.24) is 5.43 Å². The highest BCUT2D eigenvalue weighted by molar-refractivity contribution is 5.38. The average molecular weight is 286 g/mol. The number of hydrazine groups is 1. The predicted molar refractivity (Wildman–Crippen MR) is 80.4 cm³/mol. The van der Waals surface area contributed by atoms with E-state index in [1.165, 1.54) is 11.6 Å². The number of hydrogen-bond acceptors (Lipinski definition) is 3. The summed E-state index contributed by atoms with van der Waals surface area (Å²) in [6, 6.07) is 14.6. The highest BCUT2D eigenvalue weighted by atomic mass is 19.1. The van der Waals surface area contributed by atoms with Crippen LogP contribution in [0.4, 0.5) is 4.39 Å². The second-order valence-corrected chi connectivity index (χ2v) is 5.35. The Morgan fingerprint density at radius 1 is 1.19 bits per heavy atom. The number of hydrogen-bond donors (Lipinski definition) is 2. The zero-order chi connectivity index (χ0) is 14.7. The zero-order valence-electron chi connectivity index (χ0n) is 11.8. The fourth-order valence-corrected chi connectivity index (χ4v) is 2.99. The molecule has 0 bridgehead atoms. The van der Waals surface area contributed by atoms with Gasteiger partial charge in [0.15, 0.2) is 0 Å². The molecule has 1 heterocycles. The minimum atomic E-state index is -0.221. The molecule has 2 aromatic carbocycles. The third-order valence-corrected chi connectivity index (χ3v) is 4.08. The standard InChI is InChI=1S/C17H19FN2O/c18-15-7-3-1-6-14(15)16(20-19)11-12-9-10-21-17-8-4-2-5-13(12)17/h1-8,12,16,20H,9-11,19H2. The van der Waals surface area contributed by atoms with E-state index in [1.807, 2.05) is 24.3 Å². The molecule has 2 aromatic rings. The lowest BCUT2D eigenvalue weighted by Gasteiger charge is -2.29. The molecular weight excluding hydrogens is 267 g/mol. The molecule has 0 aliphatic carbocycles. The second-order valence-electron chi connectivity index (χ2n) is 5.35. The van der Waals surface area contributed by atoms with Gasteiger partial charge in [0, 0.05) is 11.6 Å². The molecule has 0 amide bonds. The van der Waals surface area contributed by atoms with E-state index in [-0.39, 0.29) is 11.9 Å². The van der Waals surface area contributed by atoms with Crippen LogP contribution < -0.4 is 16.0 Å². The SMILES string of the molecule is NNC(CC1CCOc2ccccc21)c1ccccc1F. The summed E-state index contributed by atoms with van der Waals surface area (Å²) in [4.78, 5) is 0. The van der Waals surface area contributed by atoms with Crippen LogP contribution in [0.5, 0.6) is 5.75 Å². The molecule has 110 valence electrons. The third-order valence-electron chi connectivity index (χ3n) is 4.08. The van der Waals surface area contributed by atoms with Crippen LogP contribution in [0.1, 0.15) is 35.9 Å². The Kier molecular flexibility index (Phi) is 4.18. The number of fused-ring (bicyclic) bond motifs is 1.